The highest BCUT2D eigenvalue weighted by atomic mass is 15.2. The molecule has 1 aromatic heterocycles. The molecule has 2 rings (SSSR count). The smallest absolute Gasteiger partial charge is 0.0544 e. The first kappa shape index (κ1) is 13.5. The van der Waals surface area contributed by atoms with Crippen LogP contribution in [-0.4, -0.2) is 36.1 Å². The third-order valence-electron chi connectivity index (χ3n) is 4.19. The maximum atomic E-state index is 4.53. The number of pyridine rings is 1. The molecule has 100 valence electrons. The zero-order valence-electron chi connectivity index (χ0n) is 11.9. The molecular weight excluding hydrogens is 222 g/mol. The van der Waals surface area contributed by atoms with Gasteiger partial charge in [0.05, 0.1) is 5.69 Å². The number of nitrogens with zero attached hydrogens (tertiary/aromatic N) is 2. The van der Waals surface area contributed by atoms with Crippen LogP contribution in [0.1, 0.15) is 37.1 Å². The van der Waals surface area contributed by atoms with Crippen molar-refractivity contribution >= 4 is 0 Å². The number of hydrogen-bond acceptors (Lipinski definition) is 3. The molecule has 1 N–H and O–H groups in total. The van der Waals surface area contributed by atoms with Gasteiger partial charge in [0, 0.05) is 24.3 Å². The van der Waals surface area contributed by atoms with Crippen LogP contribution < -0.4 is 5.32 Å². The minimum absolute atomic E-state index is 0.365. The van der Waals surface area contributed by atoms with Gasteiger partial charge in [0.25, 0.3) is 0 Å². The molecule has 0 aromatic carbocycles. The summed E-state index contributed by atoms with van der Waals surface area (Å²) in [5.74, 6) is 0. The predicted molar refractivity (Wildman–Crippen MR) is 75.6 cm³/mol. The lowest BCUT2D eigenvalue weighted by atomic mass is 9.96. The average molecular weight is 247 g/mol. The van der Waals surface area contributed by atoms with Gasteiger partial charge in [-0.2, -0.15) is 0 Å². The number of rotatable bonds is 5. The number of likely N-dealkylation sites (N-methyl/N-ethyl adjacent to an activating group) is 1. The lowest BCUT2D eigenvalue weighted by Gasteiger charge is -2.36. The molecule has 0 unspecified atom stereocenters. The van der Waals surface area contributed by atoms with Crippen molar-refractivity contribution in [2.24, 2.45) is 0 Å². The van der Waals surface area contributed by atoms with Crippen LogP contribution >= 0.6 is 0 Å². The lowest BCUT2D eigenvalue weighted by molar-refractivity contribution is 0.153. The first-order valence-corrected chi connectivity index (χ1v) is 6.93. The second kappa shape index (κ2) is 5.81. The van der Waals surface area contributed by atoms with Gasteiger partial charge in [0.2, 0.25) is 0 Å². The lowest BCUT2D eigenvalue weighted by Crippen LogP contribution is -2.49. The van der Waals surface area contributed by atoms with Gasteiger partial charge in [0.1, 0.15) is 0 Å². The van der Waals surface area contributed by atoms with Crippen molar-refractivity contribution in [3.63, 3.8) is 0 Å². The summed E-state index contributed by atoms with van der Waals surface area (Å²) in [4.78, 5) is 6.93. The Labute approximate surface area is 111 Å². The minimum Gasteiger partial charge on any atom is -0.309 e. The summed E-state index contributed by atoms with van der Waals surface area (Å²) in [5.41, 5.74) is 2.60. The van der Waals surface area contributed by atoms with E-state index in [2.05, 4.69) is 41.4 Å². The number of aryl methyl sites for hydroxylation is 1. The maximum absolute atomic E-state index is 4.53. The van der Waals surface area contributed by atoms with Crippen LogP contribution in [0.25, 0.3) is 0 Å². The molecular formula is C15H25N3. The van der Waals surface area contributed by atoms with Crippen LogP contribution in [0.2, 0.25) is 0 Å². The molecule has 0 amide bonds. The third kappa shape index (κ3) is 3.09. The number of aromatic nitrogens is 1. The van der Waals surface area contributed by atoms with Crippen LogP contribution in [0.3, 0.4) is 0 Å². The molecule has 0 spiro atoms. The summed E-state index contributed by atoms with van der Waals surface area (Å²) < 4.78 is 0. The predicted octanol–water partition coefficient (Wildman–Crippen LogP) is 2.35. The van der Waals surface area contributed by atoms with E-state index in [0.29, 0.717) is 5.54 Å². The van der Waals surface area contributed by atoms with Gasteiger partial charge in [-0.15, -0.1) is 0 Å². The Hall–Kier alpha value is -0.930. The van der Waals surface area contributed by atoms with E-state index in [1.54, 1.807) is 0 Å². The fourth-order valence-corrected chi connectivity index (χ4v) is 2.94. The topological polar surface area (TPSA) is 28.2 Å². The van der Waals surface area contributed by atoms with Crippen molar-refractivity contribution in [1.82, 2.24) is 15.2 Å². The molecule has 0 atom stereocenters. The summed E-state index contributed by atoms with van der Waals surface area (Å²) in [5, 5.41) is 3.59. The van der Waals surface area contributed by atoms with Crippen molar-refractivity contribution in [1.29, 1.82) is 0 Å². The molecule has 0 radical (unpaired) electrons. The maximum Gasteiger partial charge on any atom is 0.0544 e. The van der Waals surface area contributed by atoms with E-state index in [9.17, 15) is 0 Å². The SMILES string of the molecule is Cc1cccc(CNCC2(N(C)C)CCCC2)n1. The molecule has 1 saturated carbocycles. The second-order valence-corrected chi connectivity index (χ2v) is 5.70. The Kier molecular flexibility index (Phi) is 4.36. The largest absolute Gasteiger partial charge is 0.309 e. The highest BCUT2D eigenvalue weighted by Gasteiger charge is 2.35. The van der Waals surface area contributed by atoms with Crippen molar-refractivity contribution in [3.8, 4) is 0 Å². The van der Waals surface area contributed by atoms with Gasteiger partial charge in [-0.3, -0.25) is 4.98 Å². The fraction of sp³-hybridized carbons (Fsp3) is 0.667. The third-order valence-corrected chi connectivity index (χ3v) is 4.19. The van der Waals surface area contributed by atoms with Crippen LogP contribution in [0.4, 0.5) is 0 Å². The van der Waals surface area contributed by atoms with Crippen LogP contribution in [0.5, 0.6) is 0 Å². The van der Waals surface area contributed by atoms with Gasteiger partial charge in [-0.25, -0.2) is 0 Å². The van der Waals surface area contributed by atoms with E-state index in [1.165, 1.54) is 25.7 Å². The standard InChI is InChI=1S/C15H25N3/c1-13-7-6-8-14(17-13)11-16-12-15(18(2)3)9-4-5-10-15/h6-8,16H,4-5,9-12H2,1-3H3. The second-order valence-electron chi connectivity index (χ2n) is 5.70. The molecule has 3 heteroatoms. The van der Waals surface area contributed by atoms with Gasteiger partial charge < -0.3 is 10.2 Å². The van der Waals surface area contributed by atoms with Gasteiger partial charge in [0.15, 0.2) is 0 Å². The van der Waals surface area contributed by atoms with Crippen molar-refractivity contribution < 1.29 is 0 Å². The van der Waals surface area contributed by atoms with Crippen molar-refractivity contribution in [3.05, 3.63) is 29.6 Å². The minimum atomic E-state index is 0.365. The van der Waals surface area contributed by atoms with E-state index >= 15 is 0 Å². The Morgan fingerprint density at radius 2 is 2.00 bits per heavy atom. The molecule has 1 aliphatic rings. The highest BCUT2D eigenvalue weighted by molar-refractivity contribution is 5.09. The van der Waals surface area contributed by atoms with E-state index in [0.717, 1.165) is 24.5 Å². The number of nitrogens with one attached hydrogen (secondary N) is 1. The Bertz CT molecular complexity index is 381. The normalized spacial score (nSPS) is 18.4. The highest BCUT2D eigenvalue weighted by Crippen LogP contribution is 2.33. The molecule has 0 bridgehead atoms. The zero-order chi connectivity index (χ0) is 13.0. The quantitative estimate of drug-likeness (QED) is 0.865. The van der Waals surface area contributed by atoms with E-state index < -0.39 is 0 Å². The van der Waals surface area contributed by atoms with Crippen LogP contribution in [0, 0.1) is 6.92 Å². The molecule has 1 heterocycles. The molecule has 0 saturated heterocycles. The summed E-state index contributed by atoms with van der Waals surface area (Å²) in [6.07, 6.45) is 5.35. The summed E-state index contributed by atoms with van der Waals surface area (Å²) in [6, 6.07) is 6.22. The molecule has 1 aliphatic carbocycles. The van der Waals surface area contributed by atoms with Crippen LogP contribution in [0.15, 0.2) is 18.2 Å². The van der Waals surface area contributed by atoms with E-state index in [-0.39, 0.29) is 0 Å². The van der Waals surface area contributed by atoms with Gasteiger partial charge in [-0.1, -0.05) is 18.9 Å². The Morgan fingerprint density at radius 3 is 2.61 bits per heavy atom. The van der Waals surface area contributed by atoms with Crippen molar-refractivity contribution in [2.75, 3.05) is 20.6 Å². The van der Waals surface area contributed by atoms with Crippen molar-refractivity contribution in [2.45, 2.75) is 44.7 Å². The Morgan fingerprint density at radius 1 is 1.28 bits per heavy atom. The molecule has 1 aromatic rings. The van der Waals surface area contributed by atoms with Gasteiger partial charge >= 0.3 is 0 Å². The first-order valence-electron chi connectivity index (χ1n) is 6.93. The summed E-state index contributed by atoms with van der Waals surface area (Å²) in [6.45, 7) is 3.98. The van der Waals surface area contributed by atoms with E-state index in [4.69, 9.17) is 0 Å². The number of hydrogen-bond donors (Lipinski definition) is 1. The summed E-state index contributed by atoms with van der Waals surface area (Å²) >= 11 is 0. The average Bonchev–Trinajstić information content (AvgIpc) is 2.79. The molecule has 18 heavy (non-hydrogen) atoms. The van der Waals surface area contributed by atoms with Crippen LogP contribution in [-0.2, 0) is 6.54 Å². The van der Waals surface area contributed by atoms with Gasteiger partial charge in [-0.05, 0) is 46.0 Å². The molecule has 3 nitrogen and oxygen atoms in total. The first-order chi connectivity index (χ1) is 8.62. The van der Waals surface area contributed by atoms with E-state index in [1.807, 2.05) is 13.0 Å². The molecule has 0 aliphatic heterocycles. The Balaban J connectivity index is 1.87. The monoisotopic (exact) mass is 247 g/mol. The molecule has 1 fully saturated rings. The zero-order valence-corrected chi connectivity index (χ0v) is 11.9. The fourth-order valence-electron chi connectivity index (χ4n) is 2.94. The summed E-state index contributed by atoms with van der Waals surface area (Å²) in [7, 11) is 4.41.